The number of sulfonamides is 1. The van der Waals surface area contributed by atoms with Crippen molar-refractivity contribution in [3.05, 3.63) is 42.1 Å². The molecule has 3 rings (SSSR count). The summed E-state index contributed by atoms with van der Waals surface area (Å²) >= 11 is 0. The van der Waals surface area contributed by atoms with Crippen LogP contribution in [-0.2, 0) is 19.3 Å². The van der Waals surface area contributed by atoms with E-state index in [1.807, 2.05) is 27.7 Å². The average molecular weight is 440 g/mol. The first kappa shape index (κ1) is 22.5. The highest BCUT2D eigenvalue weighted by atomic mass is 32.2. The lowest BCUT2D eigenvalue weighted by molar-refractivity contribution is 0.00578. The predicted octanol–water partition coefficient (Wildman–Crippen LogP) is 2.86. The molecule has 0 atom stereocenters. The number of hydrogen-bond donors (Lipinski definition) is 1. The Bertz CT molecular complexity index is 1050. The first-order valence-corrected chi connectivity index (χ1v) is 10.8. The number of benzene rings is 1. The molecule has 1 saturated heterocycles. The first-order valence-electron chi connectivity index (χ1n) is 9.32. The minimum Gasteiger partial charge on any atom is -0.476 e. The van der Waals surface area contributed by atoms with E-state index in [0.29, 0.717) is 11.5 Å². The lowest BCUT2D eigenvalue weighted by atomic mass is 9.80. The van der Waals surface area contributed by atoms with Crippen LogP contribution in [0.2, 0.25) is 0 Å². The van der Waals surface area contributed by atoms with Gasteiger partial charge in [0.05, 0.1) is 17.8 Å². The molecule has 0 spiro atoms. The van der Waals surface area contributed by atoms with Crippen LogP contribution in [0.1, 0.15) is 34.6 Å². The maximum absolute atomic E-state index is 14.0. The summed E-state index contributed by atoms with van der Waals surface area (Å²) in [5.41, 5.74) is -0.775. The van der Waals surface area contributed by atoms with Gasteiger partial charge in [-0.2, -0.15) is 0 Å². The van der Waals surface area contributed by atoms with Gasteiger partial charge < -0.3 is 14.0 Å². The number of nitrogens with one attached hydrogen (secondary N) is 1. The van der Waals surface area contributed by atoms with Crippen LogP contribution in [0.3, 0.4) is 0 Å². The quantitative estimate of drug-likeness (QED) is 0.696. The Morgan fingerprint density at radius 2 is 1.77 bits per heavy atom. The van der Waals surface area contributed by atoms with E-state index in [4.69, 9.17) is 14.0 Å². The number of ether oxygens (including phenoxy) is 1. The first-order chi connectivity index (χ1) is 13.9. The van der Waals surface area contributed by atoms with Crippen molar-refractivity contribution in [1.82, 2.24) is 4.98 Å². The molecule has 2 aromatic rings. The highest BCUT2D eigenvalue weighted by Gasteiger charge is 2.52. The second-order valence-corrected chi connectivity index (χ2v) is 9.47. The van der Waals surface area contributed by atoms with Crippen LogP contribution < -0.4 is 14.9 Å². The third-order valence-corrected chi connectivity index (χ3v) is 6.51. The lowest BCUT2D eigenvalue weighted by Gasteiger charge is -2.32. The van der Waals surface area contributed by atoms with Gasteiger partial charge in [0.2, 0.25) is 5.88 Å². The monoisotopic (exact) mass is 440 g/mol. The number of halogens is 2. The third-order valence-electron chi connectivity index (χ3n) is 5.11. The Morgan fingerprint density at radius 3 is 2.33 bits per heavy atom. The van der Waals surface area contributed by atoms with Crippen LogP contribution >= 0.6 is 0 Å². The fraction of sp³-hybridized carbons (Fsp3) is 0.421. The fourth-order valence-corrected chi connectivity index (χ4v) is 3.90. The van der Waals surface area contributed by atoms with Gasteiger partial charge in [-0.25, -0.2) is 22.2 Å². The van der Waals surface area contributed by atoms with Gasteiger partial charge in [0.25, 0.3) is 10.0 Å². The number of hydrogen-bond acceptors (Lipinski definition) is 6. The molecule has 1 fully saturated rings. The van der Waals surface area contributed by atoms with Crippen molar-refractivity contribution in [1.29, 1.82) is 0 Å². The molecule has 0 bridgehead atoms. The summed E-state index contributed by atoms with van der Waals surface area (Å²) in [4.78, 5) is 3.46. The van der Waals surface area contributed by atoms with Crippen molar-refractivity contribution >= 4 is 28.3 Å². The number of rotatable bonds is 6. The SMILES string of the molecule is CCOc1ncc(B2OC(C)(C)C(C)(C)O2)cc1NS(=O)(=O)c1ccc(F)cc1F. The van der Waals surface area contributed by atoms with Gasteiger partial charge in [-0.05, 0) is 52.8 Å². The standard InChI is InChI=1S/C19H23BF2N2O5S/c1-6-27-17-15(24-30(25,26)16-8-7-13(21)10-14(16)22)9-12(11-23-17)20-28-18(2,3)19(4,5)29-20/h7-11,24H,6H2,1-5H3. The molecule has 0 aliphatic carbocycles. The molecular formula is C19H23BF2N2O5S. The molecule has 7 nitrogen and oxygen atoms in total. The molecule has 1 N–H and O–H groups in total. The summed E-state index contributed by atoms with van der Waals surface area (Å²) in [5, 5.41) is 0. The maximum Gasteiger partial charge on any atom is 0.496 e. The Kier molecular flexibility index (Phi) is 5.83. The Labute approximate surface area is 174 Å². The number of aromatic nitrogens is 1. The summed E-state index contributed by atoms with van der Waals surface area (Å²) in [6.07, 6.45) is 1.46. The van der Waals surface area contributed by atoms with Crippen LogP contribution in [0, 0.1) is 11.6 Å². The molecular weight excluding hydrogens is 417 g/mol. The molecule has 30 heavy (non-hydrogen) atoms. The number of pyridine rings is 1. The van der Waals surface area contributed by atoms with E-state index >= 15 is 0 Å². The van der Waals surface area contributed by atoms with E-state index in [2.05, 4.69) is 9.71 Å². The van der Waals surface area contributed by atoms with Gasteiger partial charge in [0, 0.05) is 17.7 Å². The van der Waals surface area contributed by atoms with E-state index in [0.717, 1.165) is 12.1 Å². The van der Waals surface area contributed by atoms with Gasteiger partial charge >= 0.3 is 7.12 Å². The molecule has 1 aromatic carbocycles. The van der Waals surface area contributed by atoms with Crippen molar-refractivity contribution in [2.24, 2.45) is 0 Å². The molecule has 0 unspecified atom stereocenters. The fourth-order valence-electron chi connectivity index (χ4n) is 2.79. The van der Waals surface area contributed by atoms with Gasteiger partial charge in [-0.15, -0.1) is 0 Å². The summed E-state index contributed by atoms with van der Waals surface area (Å²) in [5.74, 6) is -2.09. The summed E-state index contributed by atoms with van der Waals surface area (Å²) in [6, 6.07) is 3.66. The zero-order valence-electron chi connectivity index (χ0n) is 17.3. The molecule has 2 heterocycles. The second kappa shape index (κ2) is 7.79. The van der Waals surface area contributed by atoms with Gasteiger partial charge in [-0.1, -0.05) is 0 Å². The number of nitrogens with zero attached hydrogens (tertiary/aromatic N) is 1. The van der Waals surface area contributed by atoms with E-state index in [9.17, 15) is 17.2 Å². The molecule has 0 saturated carbocycles. The van der Waals surface area contributed by atoms with E-state index in [1.165, 1.54) is 12.3 Å². The van der Waals surface area contributed by atoms with Crippen molar-refractivity contribution in [3.8, 4) is 5.88 Å². The Morgan fingerprint density at radius 1 is 1.13 bits per heavy atom. The largest absolute Gasteiger partial charge is 0.496 e. The molecule has 0 amide bonds. The molecule has 0 radical (unpaired) electrons. The second-order valence-electron chi connectivity index (χ2n) is 7.82. The van der Waals surface area contributed by atoms with E-state index < -0.39 is 44.9 Å². The zero-order chi connectivity index (χ0) is 22.3. The van der Waals surface area contributed by atoms with Gasteiger partial charge in [0.1, 0.15) is 22.2 Å². The maximum atomic E-state index is 14.0. The summed E-state index contributed by atoms with van der Waals surface area (Å²) in [6.45, 7) is 9.47. The zero-order valence-corrected chi connectivity index (χ0v) is 18.1. The summed E-state index contributed by atoms with van der Waals surface area (Å²) in [7, 11) is -5.17. The van der Waals surface area contributed by atoms with Crippen molar-refractivity contribution < 1.29 is 31.2 Å². The van der Waals surface area contributed by atoms with Crippen LogP contribution in [0.25, 0.3) is 0 Å². The van der Waals surface area contributed by atoms with Crippen molar-refractivity contribution in [3.63, 3.8) is 0 Å². The van der Waals surface area contributed by atoms with Gasteiger partial charge in [-0.3, -0.25) is 4.72 Å². The minimum absolute atomic E-state index is 0.00358. The Hall–Kier alpha value is -2.24. The molecule has 1 aliphatic rings. The van der Waals surface area contributed by atoms with Crippen molar-refractivity contribution in [2.45, 2.75) is 50.7 Å². The lowest BCUT2D eigenvalue weighted by Crippen LogP contribution is -2.41. The average Bonchev–Trinajstić information content (AvgIpc) is 2.83. The molecule has 1 aliphatic heterocycles. The summed E-state index contributed by atoms with van der Waals surface area (Å²) < 4.78 is 72.2. The highest BCUT2D eigenvalue weighted by Crippen LogP contribution is 2.37. The van der Waals surface area contributed by atoms with Crippen LogP contribution in [0.4, 0.5) is 14.5 Å². The Balaban J connectivity index is 1.98. The minimum atomic E-state index is -4.38. The molecule has 11 heteroatoms. The van der Waals surface area contributed by atoms with Crippen LogP contribution in [-0.4, -0.2) is 38.3 Å². The highest BCUT2D eigenvalue weighted by molar-refractivity contribution is 7.92. The topological polar surface area (TPSA) is 86.8 Å². The van der Waals surface area contributed by atoms with Gasteiger partial charge in [0.15, 0.2) is 0 Å². The van der Waals surface area contributed by atoms with Crippen molar-refractivity contribution in [2.75, 3.05) is 11.3 Å². The number of anilines is 1. The van der Waals surface area contributed by atoms with Crippen LogP contribution in [0.5, 0.6) is 5.88 Å². The third kappa shape index (κ3) is 4.28. The molecule has 162 valence electrons. The predicted molar refractivity (Wildman–Crippen MR) is 108 cm³/mol. The molecule has 1 aromatic heterocycles. The smallest absolute Gasteiger partial charge is 0.476 e. The van der Waals surface area contributed by atoms with Crippen LogP contribution in [0.15, 0.2) is 35.4 Å². The van der Waals surface area contributed by atoms with E-state index in [1.54, 1.807) is 6.92 Å². The van der Waals surface area contributed by atoms with E-state index in [-0.39, 0.29) is 18.2 Å². The normalized spacial score (nSPS) is 17.8.